The van der Waals surface area contributed by atoms with Crippen LogP contribution >= 0.6 is 0 Å². The van der Waals surface area contributed by atoms with Gasteiger partial charge in [0.15, 0.2) is 0 Å². The molecule has 1 aromatic carbocycles. The Kier molecular flexibility index (Phi) is 12.1. The van der Waals surface area contributed by atoms with E-state index in [0.29, 0.717) is 11.3 Å². The number of rotatable bonds is 16. The monoisotopic (exact) mass is 560 g/mol. The average molecular weight is 561 g/mol. The fourth-order valence-electron chi connectivity index (χ4n) is 3.86. The molecule has 0 aliphatic carbocycles. The van der Waals surface area contributed by atoms with Gasteiger partial charge in [-0.1, -0.05) is 26.0 Å². The molecule has 9 N–H and O–H groups in total. The molecule has 0 aliphatic rings. The number of carboxylic acids is 2. The SMILES string of the molecule is CC(C)CC(NC(=O)C(CCC(=O)O)NC(=O)C(Cc1cnc[nH]1)NC(=O)C(N)Cc1ccc(O)cc1)C(=O)O. The minimum Gasteiger partial charge on any atom is -0.508 e. The molecule has 0 bridgehead atoms. The van der Waals surface area contributed by atoms with Gasteiger partial charge >= 0.3 is 11.9 Å². The third-order valence-electron chi connectivity index (χ3n) is 5.94. The van der Waals surface area contributed by atoms with E-state index in [4.69, 9.17) is 10.8 Å². The largest absolute Gasteiger partial charge is 0.508 e. The van der Waals surface area contributed by atoms with Gasteiger partial charge < -0.3 is 42.0 Å². The molecule has 3 amide bonds. The van der Waals surface area contributed by atoms with Crippen LogP contribution in [0.4, 0.5) is 0 Å². The maximum atomic E-state index is 13.3. The summed E-state index contributed by atoms with van der Waals surface area (Å²) in [4.78, 5) is 68.7. The summed E-state index contributed by atoms with van der Waals surface area (Å²) in [7, 11) is 0. The summed E-state index contributed by atoms with van der Waals surface area (Å²) in [5, 5.41) is 35.4. The number of H-pyrrole nitrogens is 1. The summed E-state index contributed by atoms with van der Waals surface area (Å²) in [6.07, 6.45) is 2.22. The number of carboxylic acid groups (broad SMARTS) is 2. The number of phenolic OH excluding ortho intramolecular Hbond substituents is 1. The lowest BCUT2D eigenvalue weighted by molar-refractivity contribution is -0.143. The molecule has 40 heavy (non-hydrogen) atoms. The van der Waals surface area contributed by atoms with E-state index in [1.807, 2.05) is 0 Å². The second-order valence-electron chi connectivity index (χ2n) is 9.84. The fourth-order valence-corrected chi connectivity index (χ4v) is 3.86. The Balaban J connectivity index is 2.19. The number of hydrogen-bond acceptors (Lipinski definition) is 8. The predicted octanol–water partition coefficient (Wildman–Crippen LogP) is -0.322. The van der Waals surface area contributed by atoms with Crippen LogP contribution in [-0.2, 0) is 36.8 Å². The fraction of sp³-hybridized carbons (Fsp3) is 0.462. The normalized spacial score (nSPS) is 14.0. The van der Waals surface area contributed by atoms with Crippen LogP contribution in [0, 0.1) is 5.92 Å². The number of carbonyl (C=O) groups excluding carboxylic acids is 3. The highest BCUT2D eigenvalue weighted by atomic mass is 16.4. The third kappa shape index (κ3) is 10.7. The highest BCUT2D eigenvalue weighted by Crippen LogP contribution is 2.12. The molecule has 14 nitrogen and oxygen atoms in total. The van der Waals surface area contributed by atoms with Gasteiger partial charge in [-0.05, 0) is 42.9 Å². The van der Waals surface area contributed by atoms with Gasteiger partial charge in [0.25, 0.3) is 0 Å². The molecule has 0 aliphatic heterocycles. The average Bonchev–Trinajstić information content (AvgIpc) is 3.39. The smallest absolute Gasteiger partial charge is 0.326 e. The van der Waals surface area contributed by atoms with Crippen molar-refractivity contribution in [3.05, 3.63) is 48.0 Å². The van der Waals surface area contributed by atoms with Crippen molar-refractivity contribution >= 4 is 29.7 Å². The molecule has 1 aromatic heterocycles. The molecule has 0 saturated heterocycles. The summed E-state index contributed by atoms with van der Waals surface area (Å²) < 4.78 is 0. The van der Waals surface area contributed by atoms with Crippen LogP contribution in [0.25, 0.3) is 0 Å². The van der Waals surface area contributed by atoms with Gasteiger partial charge in [-0.2, -0.15) is 0 Å². The Hall–Kier alpha value is -4.46. The van der Waals surface area contributed by atoms with E-state index in [2.05, 4.69) is 25.9 Å². The molecule has 0 spiro atoms. The maximum Gasteiger partial charge on any atom is 0.326 e. The third-order valence-corrected chi connectivity index (χ3v) is 5.94. The van der Waals surface area contributed by atoms with E-state index >= 15 is 0 Å². The molecule has 0 saturated carbocycles. The first kappa shape index (κ1) is 31.8. The number of hydrogen-bond donors (Lipinski definition) is 8. The van der Waals surface area contributed by atoms with Crippen LogP contribution < -0.4 is 21.7 Å². The first-order chi connectivity index (χ1) is 18.8. The molecule has 2 aromatic rings. The lowest BCUT2D eigenvalue weighted by atomic mass is 10.0. The molecule has 4 atom stereocenters. The molecular formula is C26H36N6O8. The van der Waals surface area contributed by atoms with Gasteiger partial charge in [0.1, 0.15) is 23.9 Å². The molecule has 0 radical (unpaired) electrons. The number of benzene rings is 1. The van der Waals surface area contributed by atoms with Gasteiger partial charge in [-0.3, -0.25) is 19.2 Å². The number of nitrogens with zero attached hydrogens (tertiary/aromatic N) is 1. The van der Waals surface area contributed by atoms with Crippen molar-refractivity contribution < 1.29 is 39.3 Å². The number of aliphatic carboxylic acids is 2. The quantitative estimate of drug-likeness (QED) is 0.133. The topological polar surface area (TPSA) is 237 Å². The van der Waals surface area contributed by atoms with Crippen LogP contribution in [0.1, 0.15) is 44.4 Å². The predicted molar refractivity (Wildman–Crippen MR) is 142 cm³/mol. The first-order valence-corrected chi connectivity index (χ1v) is 12.7. The van der Waals surface area contributed by atoms with E-state index in [1.54, 1.807) is 26.0 Å². The van der Waals surface area contributed by atoms with E-state index in [0.717, 1.165) is 0 Å². The van der Waals surface area contributed by atoms with Crippen molar-refractivity contribution in [3.8, 4) is 5.75 Å². The van der Waals surface area contributed by atoms with Crippen LogP contribution in [0.15, 0.2) is 36.8 Å². The number of aromatic hydroxyl groups is 1. The zero-order valence-corrected chi connectivity index (χ0v) is 22.3. The van der Waals surface area contributed by atoms with E-state index < -0.39 is 60.2 Å². The second kappa shape index (κ2) is 15.2. The van der Waals surface area contributed by atoms with Crippen LogP contribution in [0.2, 0.25) is 0 Å². The molecule has 4 unspecified atom stereocenters. The van der Waals surface area contributed by atoms with Gasteiger partial charge in [0.05, 0.1) is 12.4 Å². The Morgan fingerprint density at radius 3 is 2.05 bits per heavy atom. The number of imidazole rings is 1. The van der Waals surface area contributed by atoms with Gasteiger partial charge in [0.2, 0.25) is 17.7 Å². The number of carbonyl (C=O) groups is 5. The maximum absolute atomic E-state index is 13.3. The number of nitrogens with one attached hydrogen (secondary N) is 4. The highest BCUT2D eigenvalue weighted by molar-refractivity contribution is 5.94. The number of aromatic amines is 1. The highest BCUT2D eigenvalue weighted by Gasteiger charge is 2.31. The molecule has 14 heteroatoms. The summed E-state index contributed by atoms with van der Waals surface area (Å²) in [5.41, 5.74) is 7.21. The Morgan fingerprint density at radius 1 is 0.900 bits per heavy atom. The minimum atomic E-state index is -1.38. The van der Waals surface area contributed by atoms with Crippen LogP contribution in [0.3, 0.4) is 0 Å². The van der Waals surface area contributed by atoms with E-state index in [-0.39, 0.29) is 37.4 Å². The summed E-state index contributed by atoms with van der Waals surface area (Å²) in [6.45, 7) is 3.56. The van der Waals surface area contributed by atoms with Crippen molar-refractivity contribution in [3.63, 3.8) is 0 Å². The zero-order chi connectivity index (χ0) is 29.8. The summed E-state index contributed by atoms with van der Waals surface area (Å²) in [6, 6.07) is 1.20. The van der Waals surface area contributed by atoms with E-state index in [9.17, 15) is 34.2 Å². The molecule has 1 heterocycles. The number of nitrogens with two attached hydrogens (primary N) is 1. The minimum absolute atomic E-state index is 0.0537. The Bertz CT molecular complexity index is 1150. The molecule has 2 rings (SSSR count). The standard InChI is InChI=1S/C26H36N6O8/c1-14(2)9-21(26(39)40)32-24(37)19(7-8-22(34)35)30-25(38)20(11-16-12-28-13-29-16)31-23(36)18(27)10-15-3-5-17(33)6-4-15/h3-6,12-14,18-21,33H,7-11,27H2,1-2H3,(H,28,29)(H,30,38)(H,31,36)(H,32,37)(H,34,35)(H,39,40). The van der Waals surface area contributed by atoms with E-state index in [1.165, 1.54) is 24.7 Å². The second-order valence-corrected chi connectivity index (χ2v) is 9.84. The Morgan fingerprint density at radius 2 is 1.50 bits per heavy atom. The van der Waals surface area contributed by atoms with Crippen molar-refractivity contribution in [2.75, 3.05) is 0 Å². The molecular weight excluding hydrogens is 524 g/mol. The van der Waals surface area contributed by atoms with Gasteiger partial charge in [-0.15, -0.1) is 0 Å². The van der Waals surface area contributed by atoms with Crippen LogP contribution in [-0.4, -0.2) is 79.1 Å². The number of amides is 3. The van der Waals surface area contributed by atoms with Crippen LogP contribution in [0.5, 0.6) is 5.75 Å². The lowest BCUT2D eigenvalue weighted by Gasteiger charge is -2.25. The van der Waals surface area contributed by atoms with Crippen molar-refractivity contribution in [1.29, 1.82) is 0 Å². The van der Waals surface area contributed by atoms with Gasteiger partial charge in [0, 0.05) is 24.7 Å². The number of phenols is 1. The van der Waals surface area contributed by atoms with Crippen molar-refractivity contribution in [2.24, 2.45) is 11.7 Å². The molecule has 0 fully saturated rings. The van der Waals surface area contributed by atoms with Crippen molar-refractivity contribution in [1.82, 2.24) is 25.9 Å². The van der Waals surface area contributed by atoms with Gasteiger partial charge in [-0.25, -0.2) is 9.78 Å². The number of aromatic nitrogens is 2. The summed E-state index contributed by atoms with van der Waals surface area (Å²) >= 11 is 0. The first-order valence-electron chi connectivity index (χ1n) is 12.7. The summed E-state index contributed by atoms with van der Waals surface area (Å²) in [5.74, 6) is -4.82. The lowest BCUT2D eigenvalue weighted by Crippen LogP contribution is -2.58. The van der Waals surface area contributed by atoms with Crippen molar-refractivity contribution in [2.45, 2.75) is 70.1 Å². The zero-order valence-electron chi connectivity index (χ0n) is 22.3. The Labute approximate surface area is 230 Å². The molecule has 218 valence electrons.